The Morgan fingerprint density at radius 2 is 1.97 bits per heavy atom. The molecule has 35 heavy (non-hydrogen) atoms. The van der Waals surface area contributed by atoms with Crippen LogP contribution in [0.15, 0.2) is 50.3 Å². The van der Waals surface area contributed by atoms with E-state index in [0.717, 1.165) is 0 Å². The van der Waals surface area contributed by atoms with Crippen molar-refractivity contribution in [1.82, 2.24) is 16.0 Å². The fraction of sp³-hybridized carbons (Fsp3) is 0.273. The Kier molecular flexibility index (Phi) is 9.07. The minimum Gasteiger partial charge on any atom is -0.506 e. The number of carbonyl (C=O) groups is 3. The summed E-state index contributed by atoms with van der Waals surface area (Å²) in [6.45, 7) is 0.218. The zero-order chi connectivity index (χ0) is 25.5. The molecule has 0 bridgehead atoms. The van der Waals surface area contributed by atoms with E-state index in [0.29, 0.717) is 27.1 Å². The van der Waals surface area contributed by atoms with Crippen molar-refractivity contribution in [1.29, 1.82) is 0 Å². The molecule has 0 spiro atoms. The number of carboxylic acid groups (broad SMARTS) is 1. The first-order chi connectivity index (χ1) is 16.6. The molecule has 7 N–H and O–H groups in total. The van der Waals surface area contributed by atoms with Gasteiger partial charge in [0.05, 0.1) is 36.1 Å². The second kappa shape index (κ2) is 12.0. The number of aliphatic hydroxyl groups is 1. The Hall–Kier alpha value is -3.16. The molecule has 2 amide bonds. The molecule has 1 unspecified atom stereocenters. The van der Waals surface area contributed by atoms with Gasteiger partial charge in [0.1, 0.15) is 5.75 Å². The van der Waals surface area contributed by atoms with Crippen LogP contribution in [-0.4, -0.2) is 64.8 Å². The molecular formula is C22H23Br2N5O6. The number of aromatic hydroxyl groups is 1. The number of benzene rings is 2. The number of carboxylic acids is 1. The maximum absolute atomic E-state index is 12.6. The van der Waals surface area contributed by atoms with Crippen LogP contribution < -0.4 is 21.3 Å². The zero-order valence-corrected chi connectivity index (χ0v) is 21.4. The van der Waals surface area contributed by atoms with E-state index in [1.54, 1.807) is 30.3 Å². The van der Waals surface area contributed by atoms with E-state index < -0.39 is 42.9 Å². The number of phenols is 1. The molecule has 0 aromatic heterocycles. The third-order valence-corrected chi connectivity index (χ3v) is 5.97. The number of guanidine groups is 1. The number of phenolic OH excluding ortho intramolecular Hbond substituents is 1. The lowest BCUT2D eigenvalue weighted by Gasteiger charge is -2.20. The van der Waals surface area contributed by atoms with Gasteiger partial charge in [-0.05, 0) is 46.3 Å². The van der Waals surface area contributed by atoms with Crippen LogP contribution in [0.1, 0.15) is 28.4 Å². The van der Waals surface area contributed by atoms with Gasteiger partial charge in [-0.3, -0.25) is 19.4 Å². The number of aliphatic carboxylic acids is 1. The summed E-state index contributed by atoms with van der Waals surface area (Å²) < 4.78 is 0.910. The van der Waals surface area contributed by atoms with E-state index in [4.69, 9.17) is 0 Å². The summed E-state index contributed by atoms with van der Waals surface area (Å²) in [5, 5.41) is 40.1. The van der Waals surface area contributed by atoms with Gasteiger partial charge in [-0.1, -0.05) is 22.0 Å². The molecule has 1 aliphatic heterocycles. The highest BCUT2D eigenvalue weighted by Crippen LogP contribution is 2.36. The van der Waals surface area contributed by atoms with Crippen LogP contribution in [0.2, 0.25) is 0 Å². The van der Waals surface area contributed by atoms with Crippen LogP contribution in [0.5, 0.6) is 5.75 Å². The summed E-state index contributed by atoms with van der Waals surface area (Å²) in [6, 6.07) is 8.61. The summed E-state index contributed by atoms with van der Waals surface area (Å²) in [4.78, 5) is 40.6. The molecule has 186 valence electrons. The molecule has 0 radical (unpaired) electrons. The van der Waals surface area contributed by atoms with Crippen LogP contribution in [0, 0.1) is 0 Å². The second-order valence-corrected chi connectivity index (χ2v) is 9.43. The molecule has 0 saturated heterocycles. The molecule has 2 aromatic carbocycles. The normalized spacial score (nSPS) is 15.9. The molecule has 13 heteroatoms. The largest absolute Gasteiger partial charge is 0.506 e. The number of amides is 2. The van der Waals surface area contributed by atoms with Gasteiger partial charge >= 0.3 is 5.97 Å². The Morgan fingerprint density at radius 1 is 1.20 bits per heavy atom. The summed E-state index contributed by atoms with van der Waals surface area (Å²) >= 11 is 6.47. The monoisotopic (exact) mass is 611 g/mol. The molecule has 3 rings (SSSR count). The highest BCUT2D eigenvalue weighted by molar-refractivity contribution is 9.11. The number of carbonyl (C=O) groups excluding carboxylic acids is 2. The Labute approximate surface area is 217 Å². The minimum atomic E-state index is -1.18. The van der Waals surface area contributed by atoms with Gasteiger partial charge in [0.15, 0.2) is 5.96 Å². The standard InChI is InChI=1S/C22H23Br2N5O6/c23-12-5-15(20(34)16(24)6-12)17(7-19(32)33)29-18(31)10-25-21(35)11-2-1-3-13(4-11)28-22-26-8-14(30)9-27-22/h1-6,14,17,30,34H,7-10H2,(H,25,35)(H,29,31)(H,32,33)(H2,26,27,28)/t17-/m0/s1. The Morgan fingerprint density at radius 3 is 2.66 bits per heavy atom. The number of aliphatic imine (C=N–C) groups is 1. The number of hydrogen-bond donors (Lipinski definition) is 7. The number of halogens is 2. The second-order valence-electron chi connectivity index (χ2n) is 7.66. The number of rotatable bonds is 8. The van der Waals surface area contributed by atoms with E-state index in [-0.39, 0.29) is 23.4 Å². The fourth-order valence-electron chi connectivity index (χ4n) is 3.26. The van der Waals surface area contributed by atoms with Gasteiger partial charge < -0.3 is 36.6 Å². The van der Waals surface area contributed by atoms with E-state index in [2.05, 4.69) is 58.1 Å². The third kappa shape index (κ3) is 7.67. The van der Waals surface area contributed by atoms with E-state index >= 15 is 0 Å². The van der Waals surface area contributed by atoms with Crippen LogP contribution in [0.3, 0.4) is 0 Å². The van der Waals surface area contributed by atoms with Crippen LogP contribution in [0.25, 0.3) is 0 Å². The van der Waals surface area contributed by atoms with Gasteiger partial charge in [0.2, 0.25) is 5.91 Å². The van der Waals surface area contributed by atoms with Crippen LogP contribution >= 0.6 is 31.9 Å². The molecule has 1 heterocycles. The summed E-state index contributed by atoms with van der Waals surface area (Å²) in [7, 11) is 0. The van der Waals surface area contributed by atoms with Crippen molar-refractivity contribution in [3.8, 4) is 5.75 Å². The van der Waals surface area contributed by atoms with Crippen molar-refractivity contribution < 1.29 is 29.7 Å². The molecule has 0 aliphatic carbocycles. The van der Waals surface area contributed by atoms with Crippen molar-refractivity contribution in [3.63, 3.8) is 0 Å². The molecule has 0 saturated carbocycles. The number of nitrogens with zero attached hydrogens (tertiary/aromatic N) is 1. The number of nitrogens with one attached hydrogen (secondary N) is 4. The molecule has 2 atom stereocenters. The first kappa shape index (κ1) is 26.4. The van der Waals surface area contributed by atoms with Crippen molar-refractivity contribution in [3.05, 3.63) is 56.5 Å². The lowest BCUT2D eigenvalue weighted by molar-refractivity contribution is -0.137. The van der Waals surface area contributed by atoms with Crippen molar-refractivity contribution in [2.24, 2.45) is 4.99 Å². The maximum atomic E-state index is 12.6. The quantitative estimate of drug-likeness (QED) is 0.236. The van der Waals surface area contributed by atoms with Crippen molar-refractivity contribution in [2.45, 2.75) is 18.6 Å². The van der Waals surface area contributed by atoms with Gasteiger partial charge in [0.25, 0.3) is 5.91 Å². The van der Waals surface area contributed by atoms with Gasteiger partial charge in [-0.15, -0.1) is 0 Å². The third-order valence-electron chi connectivity index (χ3n) is 4.91. The van der Waals surface area contributed by atoms with E-state index in [1.807, 2.05) is 0 Å². The van der Waals surface area contributed by atoms with Gasteiger partial charge in [-0.2, -0.15) is 0 Å². The lowest BCUT2D eigenvalue weighted by Crippen LogP contribution is -2.42. The van der Waals surface area contributed by atoms with Gasteiger partial charge in [0, 0.05) is 27.8 Å². The molecular weight excluding hydrogens is 590 g/mol. The summed E-state index contributed by atoms with van der Waals surface area (Å²) in [5.74, 6) is -2.04. The van der Waals surface area contributed by atoms with E-state index in [1.165, 1.54) is 6.07 Å². The lowest BCUT2D eigenvalue weighted by atomic mass is 10.0. The topological polar surface area (TPSA) is 172 Å². The molecule has 11 nitrogen and oxygen atoms in total. The molecule has 2 aromatic rings. The summed E-state index contributed by atoms with van der Waals surface area (Å²) in [6.07, 6.45) is -1.02. The Bertz CT molecular complexity index is 1160. The zero-order valence-electron chi connectivity index (χ0n) is 18.2. The average Bonchev–Trinajstić information content (AvgIpc) is 2.81. The van der Waals surface area contributed by atoms with Gasteiger partial charge in [-0.25, -0.2) is 0 Å². The fourth-order valence-corrected chi connectivity index (χ4v) is 4.52. The average molecular weight is 613 g/mol. The molecule has 0 fully saturated rings. The first-order valence-electron chi connectivity index (χ1n) is 10.4. The Balaban J connectivity index is 1.62. The predicted octanol–water partition coefficient (Wildman–Crippen LogP) is 1.71. The van der Waals surface area contributed by atoms with Crippen molar-refractivity contribution >= 4 is 61.3 Å². The first-order valence-corrected chi connectivity index (χ1v) is 12.0. The maximum Gasteiger partial charge on any atom is 0.305 e. The number of hydrogen-bond acceptors (Lipinski definition) is 8. The SMILES string of the molecule is O=C(O)C[C@H](NC(=O)CNC(=O)c1cccc(NC2=NCC(O)CN2)c1)c1cc(Br)cc(Br)c1O. The highest BCUT2D eigenvalue weighted by Gasteiger charge is 2.23. The number of β-amino-alcohol motifs (C(OH)–C–C–N with tert-alkyl or cyclic N) is 1. The highest BCUT2D eigenvalue weighted by atomic mass is 79.9. The van der Waals surface area contributed by atoms with E-state index in [9.17, 15) is 29.7 Å². The number of aliphatic hydroxyl groups excluding tert-OH is 1. The summed E-state index contributed by atoms with van der Waals surface area (Å²) in [5.41, 5.74) is 1.08. The smallest absolute Gasteiger partial charge is 0.305 e. The predicted molar refractivity (Wildman–Crippen MR) is 135 cm³/mol. The van der Waals surface area contributed by atoms with Crippen LogP contribution in [-0.2, 0) is 9.59 Å². The number of anilines is 1. The molecule has 1 aliphatic rings. The van der Waals surface area contributed by atoms with Crippen LogP contribution in [0.4, 0.5) is 5.69 Å². The van der Waals surface area contributed by atoms with Crippen molar-refractivity contribution in [2.75, 3.05) is 25.0 Å². The minimum absolute atomic E-state index is 0.195.